The van der Waals surface area contributed by atoms with Crippen molar-refractivity contribution < 1.29 is 58.7 Å². The predicted octanol–water partition coefficient (Wildman–Crippen LogP) is 0.510. The first kappa shape index (κ1) is 43.7. The molecule has 0 spiro atoms. The summed E-state index contributed by atoms with van der Waals surface area (Å²) < 4.78 is 6.29. The van der Waals surface area contributed by atoms with E-state index in [0.29, 0.717) is 0 Å². The summed E-state index contributed by atoms with van der Waals surface area (Å²) in [6.07, 6.45) is 1.71. The first-order chi connectivity index (χ1) is 25.7. The number of phenols is 1. The average Bonchev–Trinajstić information content (AvgIpc) is 3.62. The van der Waals surface area contributed by atoms with Crippen LogP contribution in [0.25, 0.3) is 0 Å². The topological polar surface area (TPSA) is 273 Å². The Morgan fingerprint density at radius 2 is 1.75 bits per heavy atom. The molecule has 0 saturated heterocycles. The van der Waals surface area contributed by atoms with Gasteiger partial charge in [0.05, 0.1) is 11.1 Å². The molecule has 0 radical (unpaired) electrons. The molecule has 5 amide bonds. The molecule has 2 bridgehead atoms. The number of hydrogen-bond acceptors (Lipinski definition) is 11. The monoisotopic (exact) mass is 788 g/mol. The molecule has 6 atom stereocenters. The quantitative estimate of drug-likeness (QED) is 0.109. The standard InChI is InChI=1S/C36H45ClN6O12/c1-8-17(5)25(32(50)39-20(35(53)54)15-23(44)45)41-30(48)21-11-10-12-43(21)34(52)29-36(6,9-2)55-22-14-18(13-19(37)28(22)47)27(46)26(38-7)33(51)40-24(16(3)4)31(49)42-29/h10-11,13-15,21,24,26-27,29,38,46-47H,3,8-9,12H2,1-2,4-7H3,(H,39,50)(H,40,51)(H,41,48)(H,42,49)(H,44,45)(H,53,54)/t21?,24?,26?,27?,29?,36-/m1/s1. The van der Waals surface area contributed by atoms with Crippen LogP contribution < -0.4 is 31.3 Å². The van der Waals surface area contributed by atoms with Crippen LogP contribution in [0.1, 0.15) is 59.1 Å². The molecule has 55 heavy (non-hydrogen) atoms. The molecule has 1 aromatic carbocycles. The Bertz CT molecular complexity index is 1880. The fourth-order valence-corrected chi connectivity index (χ4v) is 5.95. The Labute approximate surface area is 321 Å². The number of aromatic hydroxyl groups is 1. The van der Waals surface area contributed by atoms with E-state index in [-0.39, 0.29) is 52.9 Å². The van der Waals surface area contributed by atoms with Gasteiger partial charge in [-0.15, -0.1) is 0 Å². The minimum atomic E-state index is -1.75. The van der Waals surface area contributed by atoms with Crippen molar-refractivity contribution in [3.05, 3.63) is 70.1 Å². The Hall–Kier alpha value is -5.72. The van der Waals surface area contributed by atoms with Crippen molar-refractivity contribution in [1.29, 1.82) is 0 Å². The second-order valence-corrected chi connectivity index (χ2v) is 13.5. The van der Waals surface area contributed by atoms with Crippen molar-refractivity contribution in [2.45, 2.75) is 83.3 Å². The van der Waals surface area contributed by atoms with Crippen molar-refractivity contribution in [3.8, 4) is 11.5 Å². The van der Waals surface area contributed by atoms with Gasteiger partial charge < -0.3 is 56.6 Å². The van der Waals surface area contributed by atoms with Crippen molar-refractivity contribution in [1.82, 2.24) is 31.5 Å². The highest BCUT2D eigenvalue weighted by molar-refractivity contribution is 6.32. The third kappa shape index (κ3) is 9.88. The van der Waals surface area contributed by atoms with Gasteiger partial charge in [0.25, 0.3) is 17.7 Å². The van der Waals surface area contributed by atoms with Gasteiger partial charge in [0, 0.05) is 6.54 Å². The van der Waals surface area contributed by atoms with Gasteiger partial charge in [0.1, 0.15) is 47.3 Å². The lowest BCUT2D eigenvalue weighted by molar-refractivity contribution is -0.146. The molecule has 0 saturated carbocycles. The fourth-order valence-electron chi connectivity index (χ4n) is 5.73. The number of nitrogens with zero attached hydrogens (tertiary/aromatic N) is 1. The van der Waals surface area contributed by atoms with Crippen LogP contribution in [0.4, 0.5) is 0 Å². The summed E-state index contributed by atoms with van der Waals surface area (Å²) in [5, 5.41) is 52.6. The highest BCUT2D eigenvalue weighted by Crippen LogP contribution is 2.41. The number of likely N-dealkylation sites (N-methyl/N-ethyl adjacent to an activating group) is 1. The summed E-state index contributed by atoms with van der Waals surface area (Å²) in [4.78, 5) is 92.9. The summed E-state index contributed by atoms with van der Waals surface area (Å²) in [5.41, 5.74) is -2.62. The van der Waals surface area contributed by atoms with Crippen LogP contribution in [0.15, 0.2) is 59.5 Å². The maximum absolute atomic E-state index is 14.7. The number of amides is 5. The number of fused-ring (bicyclic) bond motifs is 2. The van der Waals surface area contributed by atoms with E-state index in [1.165, 1.54) is 52.1 Å². The molecule has 18 nitrogen and oxygen atoms in total. The number of carboxylic acid groups (broad SMARTS) is 2. The number of benzene rings is 1. The van der Waals surface area contributed by atoms with Gasteiger partial charge in [-0.1, -0.05) is 44.2 Å². The molecule has 0 fully saturated rings. The number of carbonyl (C=O) groups is 7. The number of halogens is 1. The van der Waals surface area contributed by atoms with E-state index in [9.17, 15) is 48.9 Å². The summed E-state index contributed by atoms with van der Waals surface area (Å²) in [7, 11) is 1.40. The smallest absolute Gasteiger partial charge is 0.352 e. The molecule has 5 unspecified atom stereocenters. The van der Waals surface area contributed by atoms with Crippen LogP contribution in [0, 0.1) is 0 Å². The first-order valence-electron chi connectivity index (χ1n) is 17.0. The van der Waals surface area contributed by atoms with E-state index in [1.54, 1.807) is 13.8 Å². The number of rotatable bonds is 11. The van der Waals surface area contributed by atoms with Gasteiger partial charge >= 0.3 is 11.9 Å². The zero-order valence-electron chi connectivity index (χ0n) is 31.0. The van der Waals surface area contributed by atoms with E-state index in [0.717, 1.165) is 4.90 Å². The molecule has 9 N–H and O–H groups in total. The molecule has 19 heteroatoms. The van der Waals surface area contributed by atoms with Crippen LogP contribution in [-0.4, -0.2) is 110 Å². The van der Waals surface area contributed by atoms with E-state index >= 15 is 0 Å². The predicted molar refractivity (Wildman–Crippen MR) is 196 cm³/mol. The molecule has 0 aliphatic carbocycles. The third-order valence-corrected chi connectivity index (χ3v) is 9.51. The number of carbonyl (C=O) groups excluding carboxylic acids is 5. The fraction of sp³-hybridized carbons (Fsp3) is 0.417. The normalized spacial score (nSPS) is 24.8. The number of aliphatic hydroxyl groups is 1. The van der Waals surface area contributed by atoms with Gasteiger partial charge in [0.2, 0.25) is 11.8 Å². The molecular formula is C36H45ClN6O12. The molecule has 2 aliphatic rings. The van der Waals surface area contributed by atoms with Crippen molar-refractivity contribution in [3.63, 3.8) is 0 Å². The zero-order valence-corrected chi connectivity index (χ0v) is 31.7. The maximum atomic E-state index is 14.7. The van der Waals surface area contributed by atoms with Crippen LogP contribution in [-0.2, 0) is 33.6 Å². The lowest BCUT2D eigenvalue weighted by Gasteiger charge is -2.40. The van der Waals surface area contributed by atoms with E-state index in [2.05, 4.69) is 27.8 Å². The lowest BCUT2D eigenvalue weighted by atomic mass is 9.90. The zero-order chi connectivity index (χ0) is 41.5. The molecule has 2 aliphatic heterocycles. The van der Waals surface area contributed by atoms with Gasteiger partial charge in [-0.25, -0.2) is 9.59 Å². The number of aliphatic hydroxyl groups excluding tert-OH is 1. The lowest BCUT2D eigenvalue weighted by Crippen LogP contribution is -2.65. The molecule has 298 valence electrons. The van der Waals surface area contributed by atoms with Crippen LogP contribution in [0.5, 0.6) is 11.5 Å². The van der Waals surface area contributed by atoms with Crippen molar-refractivity contribution >= 4 is 53.1 Å². The number of hydrogen-bond donors (Lipinski definition) is 9. The highest BCUT2D eigenvalue weighted by Gasteiger charge is 2.47. The number of allylic oxidation sites excluding steroid dienone is 1. The first-order valence-corrected chi connectivity index (χ1v) is 17.4. The Balaban J connectivity index is 2.11. The number of nitrogens with one attached hydrogen (secondary N) is 5. The number of phenolic OH excluding ortho intramolecular Hbond substituents is 1. The summed E-state index contributed by atoms with van der Waals surface area (Å²) in [5.74, 6) is -8.94. The molecular weight excluding hydrogens is 744 g/mol. The Kier molecular flexibility index (Phi) is 14.4. The van der Waals surface area contributed by atoms with Gasteiger partial charge in [-0.3, -0.25) is 24.0 Å². The summed E-state index contributed by atoms with van der Waals surface area (Å²) in [6, 6.07) is -3.37. The van der Waals surface area contributed by atoms with Gasteiger partial charge in [-0.2, -0.15) is 0 Å². The molecule has 1 aromatic rings. The van der Waals surface area contributed by atoms with E-state index in [1.807, 2.05) is 5.32 Å². The number of aliphatic carboxylic acids is 2. The highest BCUT2D eigenvalue weighted by atomic mass is 35.5. The average molecular weight is 789 g/mol. The SMILES string of the molecule is C=C(C)C1NC(=O)C(NC)C(O)c2cc(Cl)c(O)c(c2)O[C@](C)(CC)C(C(=O)N2CC=CC2C(=O)NC(C(=O)NC(=CC(=O)O)C(=O)O)=C(C)CC)NC1=O. The van der Waals surface area contributed by atoms with E-state index < -0.39 is 94.5 Å². The van der Waals surface area contributed by atoms with Crippen molar-refractivity contribution in [2.24, 2.45) is 0 Å². The summed E-state index contributed by atoms with van der Waals surface area (Å²) >= 11 is 6.33. The second-order valence-electron chi connectivity index (χ2n) is 13.1. The largest absolute Gasteiger partial charge is 0.503 e. The Morgan fingerprint density at radius 3 is 2.29 bits per heavy atom. The minimum absolute atomic E-state index is 0.0204. The minimum Gasteiger partial charge on any atom is -0.503 e. The van der Waals surface area contributed by atoms with Crippen molar-refractivity contribution in [2.75, 3.05) is 13.6 Å². The van der Waals surface area contributed by atoms with Crippen LogP contribution >= 0.6 is 11.6 Å². The van der Waals surface area contributed by atoms with Crippen LogP contribution in [0.3, 0.4) is 0 Å². The second kappa shape index (κ2) is 18.1. The molecule has 0 aromatic heterocycles. The maximum Gasteiger partial charge on any atom is 0.352 e. The summed E-state index contributed by atoms with van der Waals surface area (Å²) in [6.45, 7) is 11.3. The number of ether oxygens (including phenoxy) is 1. The van der Waals surface area contributed by atoms with Crippen LogP contribution in [0.2, 0.25) is 5.02 Å². The van der Waals surface area contributed by atoms with Gasteiger partial charge in [-0.05, 0) is 69.5 Å². The number of carboxylic acids is 2. The third-order valence-electron chi connectivity index (χ3n) is 9.22. The molecule has 3 rings (SSSR count). The molecule has 2 heterocycles. The van der Waals surface area contributed by atoms with E-state index in [4.69, 9.17) is 21.4 Å². The Morgan fingerprint density at radius 1 is 1.09 bits per heavy atom. The van der Waals surface area contributed by atoms with Gasteiger partial charge in [0.15, 0.2) is 11.5 Å².